The first-order valence-corrected chi connectivity index (χ1v) is 11.3. The molecule has 0 bridgehead atoms. The van der Waals surface area contributed by atoms with Gasteiger partial charge in [-0.1, -0.05) is 87.3 Å². The Morgan fingerprint density at radius 3 is 2.44 bits per heavy atom. The SMILES string of the molecule is CC.CCCCc1nc(Cl)c(CO)n1Cc1ccc(-c2ccccc2/C(=N/N)NN)cc1. The van der Waals surface area contributed by atoms with Crippen molar-refractivity contribution in [2.75, 3.05) is 0 Å². The molecular weight excluding hydrogens is 424 g/mol. The molecule has 0 aliphatic rings. The number of hydrazine groups is 1. The predicted molar refractivity (Wildman–Crippen MR) is 132 cm³/mol. The number of hydrogen-bond donors (Lipinski definition) is 4. The Kier molecular flexibility index (Phi) is 10.2. The van der Waals surface area contributed by atoms with Gasteiger partial charge >= 0.3 is 0 Å². The van der Waals surface area contributed by atoms with Gasteiger partial charge in [-0.25, -0.2) is 10.8 Å². The molecule has 0 saturated heterocycles. The highest BCUT2D eigenvalue weighted by Gasteiger charge is 2.15. The fourth-order valence-electron chi connectivity index (χ4n) is 3.47. The van der Waals surface area contributed by atoms with Gasteiger partial charge in [-0.15, -0.1) is 0 Å². The Morgan fingerprint density at radius 1 is 1.16 bits per heavy atom. The van der Waals surface area contributed by atoms with Crippen LogP contribution in [0.3, 0.4) is 0 Å². The summed E-state index contributed by atoms with van der Waals surface area (Å²) in [6, 6.07) is 16.0. The van der Waals surface area contributed by atoms with Crippen molar-refractivity contribution in [1.82, 2.24) is 15.0 Å². The zero-order valence-electron chi connectivity index (χ0n) is 19.0. The van der Waals surface area contributed by atoms with E-state index in [1.54, 1.807) is 0 Å². The Bertz CT molecular complexity index is 1010. The molecule has 32 heavy (non-hydrogen) atoms. The monoisotopic (exact) mass is 456 g/mol. The second kappa shape index (κ2) is 12.9. The van der Waals surface area contributed by atoms with Crippen LogP contribution in [-0.2, 0) is 19.6 Å². The molecule has 0 spiro atoms. The third-order valence-corrected chi connectivity index (χ3v) is 5.36. The Morgan fingerprint density at radius 2 is 1.84 bits per heavy atom. The van der Waals surface area contributed by atoms with E-state index >= 15 is 0 Å². The zero-order chi connectivity index (χ0) is 23.5. The number of imidazole rings is 1. The number of aliphatic hydroxyl groups excluding tert-OH is 1. The fraction of sp³-hybridized carbons (Fsp3) is 0.333. The molecule has 8 heteroatoms. The minimum atomic E-state index is -0.142. The molecule has 0 unspecified atom stereocenters. The lowest BCUT2D eigenvalue weighted by Crippen LogP contribution is -2.32. The summed E-state index contributed by atoms with van der Waals surface area (Å²) in [7, 11) is 0. The smallest absolute Gasteiger partial charge is 0.167 e. The van der Waals surface area contributed by atoms with Gasteiger partial charge in [0.2, 0.25) is 0 Å². The van der Waals surface area contributed by atoms with Crippen molar-refractivity contribution < 1.29 is 5.11 Å². The lowest BCUT2D eigenvalue weighted by atomic mass is 9.98. The van der Waals surface area contributed by atoms with Crippen LogP contribution in [0.5, 0.6) is 0 Å². The molecule has 0 radical (unpaired) electrons. The highest BCUT2D eigenvalue weighted by molar-refractivity contribution is 6.30. The Hall–Kier alpha value is -2.87. The topological polar surface area (TPSA) is 114 Å². The molecule has 0 aliphatic carbocycles. The van der Waals surface area contributed by atoms with E-state index < -0.39 is 0 Å². The summed E-state index contributed by atoms with van der Waals surface area (Å²) in [6.45, 7) is 6.59. The van der Waals surface area contributed by atoms with E-state index in [0.29, 0.717) is 23.2 Å². The van der Waals surface area contributed by atoms with Gasteiger partial charge in [0.15, 0.2) is 11.0 Å². The van der Waals surface area contributed by atoms with Gasteiger partial charge in [-0.3, -0.25) is 0 Å². The Labute approximate surface area is 195 Å². The number of hydrogen-bond acceptors (Lipinski definition) is 5. The molecule has 0 aliphatic heterocycles. The van der Waals surface area contributed by atoms with Gasteiger partial charge < -0.3 is 20.9 Å². The van der Waals surface area contributed by atoms with Crippen molar-refractivity contribution in [3.8, 4) is 11.1 Å². The summed E-state index contributed by atoms with van der Waals surface area (Å²) in [5, 5.41) is 13.9. The number of aliphatic hydroxyl groups is 1. The summed E-state index contributed by atoms with van der Waals surface area (Å²) in [4.78, 5) is 4.45. The molecule has 0 fully saturated rings. The number of halogens is 1. The van der Waals surface area contributed by atoms with Crippen LogP contribution in [0.15, 0.2) is 53.6 Å². The van der Waals surface area contributed by atoms with Gasteiger partial charge in [-0.05, 0) is 23.1 Å². The average molecular weight is 457 g/mol. The molecule has 3 rings (SSSR count). The van der Waals surface area contributed by atoms with Gasteiger partial charge in [-0.2, -0.15) is 5.10 Å². The highest BCUT2D eigenvalue weighted by Crippen LogP contribution is 2.26. The maximum absolute atomic E-state index is 9.76. The van der Waals surface area contributed by atoms with Crippen LogP contribution < -0.4 is 17.1 Å². The highest BCUT2D eigenvalue weighted by atomic mass is 35.5. The van der Waals surface area contributed by atoms with E-state index in [1.165, 1.54) is 0 Å². The largest absolute Gasteiger partial charge is 0.390 e. The molecule has 7 nitrogen and oxygen atoms in total. The maximum Gasteiger partial charge on any atom is 0.167 e. The van der Waals surface area contributed by atoms with Crippen LogP contribution in [-0.4, -0.2) is 20.5 Å². The summed E-state index contributed by atoms with van der Waals surface area (Å²) < 4.78 is 2.01. The first-order chi connectivity index (χ1) is 15.6. The molecule has 0 amide bonds. The van der Waals surface area contributed by atoms with Crippen molar-refractivity contribution in [3.63, 3.8) is 0 Å². The first-order valence-electron chi connectivity index (χ1n) is 10.9. The van der Waals surface area contributed by atoms with E-state index in [-0.39, 0.29) is 6.61 Å². The van der Waals surface area contributed by atoms with E-state index in [9.17, 15) is 5.11 Å². The number of rotatable bonds is 8. The third-order valence-electron chi connectivity index (χ3n) is 5.06. The number of nitrogens with zero attached hydrogens (tertiary/aromatic N) is 3. The first kappa shape index (κ1) is 25.4. The average Bonchev–Trinajstić information content (AvgIpc) is 3.14. The van der Waals surface area contributed by atoms with Gasteiger partial charge in [0.25, 0.3) is 0 Å². The third kappa shape index (κ3) is 5.88. The number of nitrogens with two attached hydrogens (primary N) is 2. The number of nitrogens with one attached hydrogen (secondary N) is 1. The van der Waals surface area contributed by atoms with Crippen molar-refractivity contribution >= 4 is 17.4 Å². The number of amidine groups is 1. The minimum Gasteiger partial charge on any atom is -0.390 e. The molecule has 6 N–H and O–H groups in total. The number of hydrazone groups is 1. The molecule has 172 valence electrons. The van der Waals surface area contributed by atoms with Crippen LogP contribution >= 0.6 is 11.6 Å². The zero-order valence-corrected chi connectivity index (χ0v) is 19.7. The summed E-state index contributed by atoms with van der Waals surface area (Å²) in [5.41, 5.74) is 7.08. The number of aromatic nitrogens is 2. The second-order valence-electron chi connectivity index (χ2n) is 6.98. The maximum atomic E-state index is 9.76. The molecule has 1 heterocycles. The summed E-state index contributed by atoms with van der Waals surface area (Å²) in [6.07, 6.45) is 2.92. The molecule has 3 aromatic rings. The van der Waals surface area contributed by atoms with Gasteiger partial charge in [0, 0.05) is 18.5 Å². The van der Waals surface area contributed by atoms with E-state index in [2.05, 4.69) is 34.6 Å². The lowest BCUT2D eigenvalue weighted by Gasteiger charge is -2.13. The molecule has 0 saturated carbocycles. The normalized spacial score (nSPS) is 11.1. The summed E-state index contributed by atoms with van der Waals surface area (Å²) >= 11 is 6.25. The van der Waals surface area contributed by atoms with E-state index in [1.807, 2.05) is 54.8 Å². The molecule has 0 atom stereocenters. The van der Waals surface area contributed by atoms with Crippen molar-refractivity contribution in [2.24, 2.45) is 16.8 Å². The van der Waals surface area contributed by atoms with Crippen molar-refractivity contribution in [1.29, 1.82) is 0 Å². The van der Waals surface area contributed by atoms with Crippen molar-refractivity contribution in [3.05, 3.63) is 76.3 Å². The van der Waals surface area contributed by atoms with E-state index in [4.69, 9.17) is 23.3 Å². The van der Waals surface area contributed by atoms with Crippen LogP contribution in [0.2, 0.25) is 5.15 Å². The van der Waals surface area contributed by atoms with Gasteiger partial charge in [0.1, 0.15) is 5.82 Å². The molecule has 2 aromatic carbocycles. The molecular formula is C24H33ClN6O. The standard InChI is InChI=1S/C22H27ClN6O.C2H6/c1-2-3-8-20-26-21(23)19(14-30)29(20)13-15-9-11-16(12-10-15)17-6-4-5-7-18(17)22(27-24)28-25;1-2/h4-7,9-12,30H,2-3,8,13-14,24-25H2,1H3,(H,27,28);1-2H3. The van der Waals surface area contributed by atoms with Crippen molar-refractivity contribution in [2.45, 2.75) is 53.2 Å². The second-order valence-corrected chi connectivity index (χ2v) is 7.34. The minimum absolute atomic E-state index is 0.142. The predicted octanol–water partition coefficient (Wildman–Crippen LogP) is 4.20. The fourth-order valence-corrected chi connectivity index (χ4v) is 3.73. The number of benzene rings is 2. The van der Waals surface area contributed by atoms with Crippen LogP contribution in [0.1, 0.15) is 56.3 Å². The van der Waals surface area contributed by atoms with Crippen LogP contribution in [0, 0.1) is 0 Å². The van der Waals surface area contributed by atoms with Crippen LogP contribution in [0.4, 0.5) is 0 Å². The molecule has 1 aromatic heterocycles. The van der Waals surface area contributed by atoms with Crippen LogP contribution in [0.25, 0.3) is 11.1 Å². The number of aryl methyl sites for hydroxylation is 1. The lowest BCUT2D eigenvalue weighted by molar-refractivity contribution is 0.271. The Balaban J connectivity index is 0.00000176. The van der Waals surface area contributed by atoms with E-state index in [0.717, 1.165) is 47.3 Å². The van der Waals surface area contributed by atoms with Gasteiger partial charge in [0.05, 0.1) is 12.3 Å². The quantitative estimate of drug-likeness (QED) is 0.175. The number of unbranched alkanes of at least 4 members (excludes halogenated alkanes) is 1. The summed E-state index contributed by atoms with van der Waals surface area (Å²) in [5.74, 6) is 12.3.